The minimum absolute atomic E-state index is 0.159. The average Bonchev–Trinajstić information content (AvgIpc) is 2.46. The quantitative estimate of drug-likeness (QED) is 0.649. The molecule has 88 valence electrons. The predicted octanol–water partition coefficient (Wildman–Crippen LogP) is 4.26. The van der Waals surface area contributed by atoms with Crippen molar-refractivity contribution in [2.75, 3.05) is 0 Å². The monoisotopic (exact) mass is 255 g/mol. The zero-order valence-electron chi connectivity index (χ0n) is 10.6. The Labute approximate surface area is 112 Å². The Morgan fingerprint density at radius 1 is 1.11 bits per heavy atom. The number of aryl methyl sites for hydroxylation is 1. The summed E-state index contributed by atoms with van der Waals surface area (Å²) in [4.78, 5) is 8.90. The number of nitrogens with zero attached hydrogens (tertiary/aromatic N) is 2. The van der Waals surface area contributed by atoms with E-state index < -0.39 is 0 Å². The van der Waals surface area contributed by atoms with Gasteiger partial charge in [-0.05, 0) is 24.6 Å². The first-order valence-corrected chi connectivity index (χ1v) is 5.96. The highest BCUT2D eigenvalue weighted by Crippen LogP contribution is 2.29. The molecule has 0 spiro atoms. The zero-order chi connectivity index (χ0) is 13.2. The van der Waals surface area contributed by atoms with Crippen LogP contribution in [0.25, 0.3) is 22.3 Å². The second kappa shape index (κ2) is 4.39. The molecule has 1 heterocycles. The Kier molecular flexibility index (Phi) is 2.45. The van der Waals surface area contributed by atoms with Gasteiger partial charge >= 0.3 is 0 Å². The van der Waals surface area contributed by atoms with E-state index in [9.17, 15) is 0 Å². The summed E-state index contributed by atoms with van der Waals surface area (Å²) in [5.41, 5.74) is 2.47. The number of para-hydroxylation sites is 1. The van der Waals surface area contributed by atoms with E-state index in [1.54, 1.807) is 12.3 Å². The first-order chi connectivity index (χ1) is 9.29. The fraction of sp³-hybridized carbons (Fsp3) is 0.0667. The predicted molar refractivity (Wildman–Crippen MR) is 74.7 cm³/mol. The van der Waals surface area contributed by atoms with Crippen LogP contribution in [0.15, 0.2) is 48.7 Å². The topological polar surface area (TPSA) is 25.8 Å². The van der Waals surface area contributed by atoms with Crippen LogP contribution < -0.4 is 0 Å². The molecule has 0 radical (unpaired) electrons. The van der Waals surface area contributed by atoms with Crippen molar-refractivity contribution in [1.82, 2.24) is 9.97 Å². The van der Waals surface area contributed by atoms with Crippen molar-refractivity contribution in [3.63, 3.8) is 0 Å². The first-order valence-electron chi connectivity index (χ1n) is 6.29. The van der Waals surface area contributed by atoms with Crippen LogP contribution >= 0.6 is 11.6 Å². The Hall–Kier alpha value is -1.93. The van der Waals surface area contributed by atoms with E-state index in [0.717, 1.165) is 22.0 Å². The van der Waals surface area contributed by atoms with E-state index in [1.807, 2.05) is 36.4 Å². The SMILES string of the molecule is [2H]Cc1cccc(Cl)c1-c1ncc2ccccc2n1. The van der Waals surface area contributed by atoms with Crippen molar-refractivity contribution >= 4 is 22.5 Å². The van der Waals surface area contributed by atoms with Crippen LogP contribution in [0, 0.1) is 6.90 Å². The fourth-order valence-corrected chi connectivity index (χ4v) is 2.19. The normalized spacial score (nSPS) is 11.5. The summed E-state index contributed by atoms with van der Waals surface area (Å²) in [6, 6.07) is 13.3. The van der Waals surface area contributed by atoms with Gasteiger partial charge in [0, 0.05) is 18.5 Å². The summed E-state index contributed by atoms with van der Waals surface area (Å²) in [5, 5.41) is 1.57. The van der Waals surface area contributed by atoms with Gasteiger partial charge in [-0.25, -0.2) is 9.97 Å². The van der Waals surface area contributed by atoms with Gasteiger partial charge in [-0.2, -0.15) is 0 Å². The summed E-state index contributed by atoms with van der Waals surface area (Å²) in [6.07, 6.45) is 1.79. The summed E-state index contributed by atoms with van der Waals surface area (Å²) in [7, 11) is 0. The van der Waals surface area contributed by atoms with Gasteiger partial charge in [-0.3, -0.25) is 0 Å². The van der Waals surface area contributed by atoms with E-state index in [0.29, 0.717) is 10.8 Å². The first kappa shape index (κ1) is 10.0. The smallest absolute Gasteiger partial charge is 0.161 e. The lowest BCUT2D eigenvalue weighted by Crippen LogP contribution is -1.93. The maximum atomic E-state index is 7.58. The molecule has 0 aliphatic carbocycles. The molecule has 3 aromatic rings. The van der Waals surface area contributed by atoms with Gasteiger partial charge in [0.1, 0.15) is 0 Å². The fourth-order valence-electron chi connectivity index (χ4n) is 1.91. The molecule has 18 heavy (non-hydrogen) atoms. The van der Waals surface area contributed by atoms with Crippen LogP contribution in [0.1, 0.15) is 6.93 Å². The lowest BCUT2D eigenvalue weighted by molar-refractivity contribution is 1.21. The summed E-state index contributed by atoms with van der Waals surface area (Å²) < 4.78 is 7.58. The minimum Gasteiger partial charge on any atom is -0.236 e. The average molecular weight is 256 g/mol. The van der Waals surface area contributed by atoms with Crippen molar-refractivity contribution in [3.05, 3.63) is 59.2 Å². The molecular weight excluding hydrogens is 244 g/mol. The number of aromatic nitrogens is 2. The highest BCUT2D eigenvalue weighted by Gasteiger charge is 2.09. The number of rotatable bonds is 1. The lowest BCUT2D eigenvalue weighted by atomic mass is 10.1. The molecule has 2 nitrogen and oxygen atoms in total. The molecule has 0 aliphatic rings. The Bertz CT molecular complexity index is 743. The maximum absolute atomic E-state index is 7.58. The van der Waals surface area contributed by atoms with Gasteiger partial charge in [0.05, 0.1) is 10.5 Å². The van der Waals surface area contributed by atoms with Gasteiger partial charge < -0.3 is 0 Å². The van der Waals surface area contributed by atoms with E-state index in [1.165, 1.54) is 0 Å². The van der Waals surface area contributed by atoms with Crippen LogP contribution in [0.4, 0.5) is 0 Å². The van der Waals surface area contributed by atoms with Gasteiger partial charge in [0.25, 0.3) is 0 Å². The highest BCUT2D eigenvalue weighted by atomic mass is 35.5. The standard InChI is InChI=1S/C15H11ClN2/c1-10-5-4-7-12(16)14(10)15-17-9-11-6-2-3-8-13(11)18-15/h2-9H,1H3/i1D. The largest absolute Gasteiger partial charge is 0.236 e. The third-order valence-electron chi connectivity index (χ3n) is 2.81. The highest BCUT2D eigenvalue weighted by molar-refractivity contribution is 6.33. The zero-order valence-corrected chi connectivity index (χ0v) is 10.4. The molecule has 0 aliphatic heterocycles. The molecule has 3 heteroatoms. The molecule has 0 unspecified atom stereocenters. The van der Waals surface area contributed by atoms with E-state index >= 15 is 0 Å². The molecule has 0 N–H and O–H groups in total. The Morgan fingerprint density at radius 3 is 2.89 bits per heavy atom. The van der Waals surface area contributed by atoms with Crippen molar-refractivity contribution in [2.24, 2.45) is 0 Å². The number of hydrogen-bond donors (Lipinski definition) is 0. The maximum Gasteiger partial charge on any atom is 0.161 e. The van der Waals surface area contributed by atoms with E-state index in [-0.39, 0.29) is 6.90 Å². The van der Waals surface area contributed by atoms with Crippen LogP contribution in [0.3, 0.4) is 0 Å². The molecule has 0 saturated carbocycles. The number of hydrogen-bond acceptors (Lipinski definition) is 2. The van der Waals surface area contributed by atoms with Crippen molar-refractivity contribution in [3.8, 4) is 11.4 Å². The van der Waals surface area contributed by atoms with Crippen molar-refractivity contribution < 1.29 is 1.37 Å². The number of benzene rings is 2. The van der Waals surface area contributed by atoms with Crippen LogP contribution in [0.5, 0.6) is 0 Å². The molecule has 0 amide bonds. The molecule has 0 saturated heterocycles. The second-order valence-electron chi connectivity index (χ2n) is 4.03. The second-order valence-corrected chi connectivity index (χ2v) is 4.43. The molecule has 2 aromatic carbocycles. The van der Waals surface area contributed by atoms with Gasteiger partial charge in [-0.15, -0.1) is 0 Å². The molecule has 0 fully saturated rings. The number of halogens is 1. The van der Waals surface area contributed by atoms with Crippen LogP contribution in [0.2, 0.25) is 5.02 Å². The van der Waals surface area contributed by atoms with E-state index in [2.05, 4.69) is 9.97 Å². The third-order valence-corrected chi connectivity index (χ3v) is 3.13. The van der Waals surface area contributed by atoms with Crippen molar-refractivity contribution in [2.45, 2.75) is 6.90 Å². The van der Waals surface area contributed by atoms with Gasteiger partial charge in [-0.1, -0.05) is 41.9 Å². The van der Waals surface area contributed by atoms with Crippen molar-refractivity contribution in [1.29, 1.82) is 0 Å². The summed E-state index contributed by atoms with van der Waals surface area (Å²) >= 11 is 6.23. The van der Waals surface area contributed by atoms with Gasteiger partial charge in [0.15, 0.2) is 5.82 Å². The van der Waals surface area contributed by atoms with E-state index in [4.69, 9.17) is 13.0 Å². The molecule has 0 atom stereocenters. The third kappa shape index (κ3) is 1.85. The molecule has 0 bridgehead atoms. The Morgan fingerprint density at radius 2 is 2.00 bits per heavy atom. The summed E-state index contributed by atoms with van der Waals surface area (Å²) in [6.45, 7) is 0.159. The van der Waals surface area contributed by atoms with Gasteiger partial charge in [0.2, 0.25) is 0 Å². The lowest BCUT2D eigenvalue weighted by Gasteiger charge is -2.07. The van der Waals surface area contributed by atoms with Crippen LogP contribution in [-0.2, 0) is 0 Å². The molecule has 1 aromatic heterocycles. The summed E-state index contributed by atoms with van der Waals surface area (Å²) in [5.74, 6) is 0.576. The Balaban J connectivity index is 2.24. The molecule has 3 rings (SSSR count). The van der Waals surface area contributed by atoms with Crippen LogP contribution in [-0.4, -0.2) is 9.97 Å². The molecular formula is C15H11ClN2. The number of fused-ring (bicyclic) bond motifs is 1. The minimum atomic E-state index is 0.159.